The number of hydrogen-bond acceptors (Lipinski definition) is 6. The highest BCUT2D eigenvalue weighted by Crippen LogP contribution is 2.46. The van der Waals surface area contributed by atoms with E-state index >= 15 is 0 Å². The van der Waals surface area contributed by atoms with Crippen LogP contribution in [0, 0.1) is 11.3 Å². The van der Waals surface area contributed by atoms with Crippen molar-refractivity contribution in [1.29, 1.82) is 5.26 Å². The SMILES string of the molecule is CC1(NC(=O)N2C(=O)N(c3cccc(C(F)(F)F)c3)C3=C(C(=O)CC3)C2c2ccc(C#N)cc2)CCS(=O)(=O)C1. The minimum Gasteiger partial charge on any atom is -0.331 e. The number of rotatable bonds is 3. The van der Waals surface area contributed by atoms with Gasteiger partial charge in [0.2, 0.25) is 0 Å². The van der Waals surface area contributed by atoms with Gasteiger partial charge in [0.05, 0.1) is 46.0 Å². The number of ketones is 1. The van der Waals surface area contributed by atoms with Crippen LogP contribution < -0.4 is 10.2 Å². The molecular weight excluding hydrogens is 549 g/mol. The molecule has 208 valence electrons. The summed E-state index contributed by atoms with van der Waals surface area (Å²) in [5.41, 5.74) is -1.52. The third-order valence-corrected chi connectivity index (χ3v) is 9.22. The number of allylic oxidation sites excluding steroid dienone is 1. The number of urea groups is 2. The number of hydrogen-bond donors (Lipinski definition) is 1. The van der Waals surface area contributed by atoms with E-state index in [4.69, 9.17) is 0 Å². The highest BCUT2D eigenvalue weighted by atomic mass is 32.2. The van der Waals surface area contributed by atoms with Crippen LogP contribution in [0.5, 0.6) is 0 Å². The summed E-state index contributed by atoms with van der Waals surface area (Å²) in [6.45, 7) is 1.52. The van der Waals surface area contributed by atoms with Gasteiger partial charge in [-0.05, 0) is 55.7 Å². The fourth-order valence-corrected chi connectivity index (χ4v) is 7.54. The summed E-state index contributed by atoms with van der Waals surface area (Å²) in [5.74, 6) is -0.915. The van der Waals surface area contributed by atoms with Crippen LogP contribution in [0.2, 0.25) is 0 Å². The van der Waals surface area contributed by atoms with Crippen molar-refractivity contribution in [3.05, 3.63) is 76.5 Å². The van der Waals surface area contributed by atoms with Gasteiger partial charge in [0.1, 0.15) is 0 Å². The molecule has 0 spiro atoms. The molecule has 2 heterocycles. The van der Waals surface area contributed by atoms with E-state index < -0.39 is 45.2 Å². The Kier molecular flexibility index (Phi) is 6.49. The molecule has 4 amide bonds. The number of Topliss-reactive ketones (excluding diaryl/α,β-unsaturated/α-hetero) is 1. The zero-order valence-electron chi connectivity index (χ0n) is 21.2. The first-order valence-corrected chi connectivity index (χ1v) is 14.1. The van der Waals surface area contributed by atoms with Crippen molar-refractivity contribution >= 4 is 33.4 Å². The van der Waals surface area contributed by atoms with Gasteiger partial charge in [-0.2, -0.15) is 18.4 Å². The first-order valence-electron chi connectivity index (χ1n) is 12.3. The topological polar surface area (TPSA) is 128 Å². The molecule has 13 heteroatoms. The average Bonchev–Trinajstić information content (AvgIpc) is 3.40. The Morgan fingerprint density at radius 3 is 2.42 bits per heavy atom. The number of halogens is 3. The molecule has 9 nitrogen and oxygen atoms in total. The van der Waals surface area contributed by atoms with E-state index in [2.05, 4.69) is 5.32 Å². The Morgan fingerprint density at radius 2 is 1.82 bits per heavy atom. The molecule has 2 aromatic carbocycles. The van der Waals surface area contributed by atoms with Crippen molar-refractivity contribution in [3.63, 3.8) is 0 Å². The second-order valence-electron chi connectivity index (χ2n) is 10.3. The summed E-state index contributed by atoms with van der Waals surface area (Å²) >= 11 is 0. The van der Waals surface area contributed by atoms with Crippen LogP contribution in [0.3, 0.4) is 0 Å². The van der Waals surface area contributed by atoms with E-state index in [1.165, 1.54) is 37.3 Å². The molecule has 0 radical (unpaired) electrons. The lowest BCUT2D eigenvalue weighted by Gasteiger charge is -2.42. The number of benzene rings is 2. The monoisotopic (exact) mass is 572 g/mol. The van der Waals surface area contributed by atoms with Gasteiger partial charge in [0, 0.05) is 17.7 Å². The van der Waals surface area contributed by atoms with Crippen LogP contribution in [-0.4, -0.2) is 48.2 Å². The van der Waals surface area contributed by atoms with Crippen molar-refractivity contribution < 1.29 is 36.0 Å². The highest BCUT2D eigenvalue weighted by Gasteiger charge is 2.50. The van der Waals surface area contributed by atoms with E-state index in [0.717, 1.165) is 28.0 Å². The Balaban J connectivity index is 1.66. The second-order valence-corrected chi connectivity index (χ2v) is 12.5. The number of nitrogens with one attached hydrogen (secondary N) is 1. The van der Waals surface area contributed by atoms with Gasteiger partial charge in [0.25, 0.3) is 0 Å². The van der Waals surface area contributed by atoms with Crippen LogP contribution in [0.1, 0.15) is 48.9 Å². The largest absolute Gasteiger partial charge is 0.416 e. The highest BCUT2D eigenvalue weighted by molar-refractivity contribution is 7.91. The van der Waals surface area contributed by atoms with E-state index in [-0.39, 0.29) is 53.5 Å². The van der Waals surface area contributed by atoms with Crippen LogP contribution in [0.15, 0.2) is 59.8 Å². The van der Waals surface area contributed by atoms with Gasteiger partial charge in [-0.15, -0.1) is 0 Å². The molecule has 1 N–H and O–H groups in total. The number of sulfone groups is 1. The van der Waals surface area contributed by atoms with E-state index in [1.54, 1.807) is 0 Å². The van der Waals surface area contributed by atoms with Crippen molar-refractivity contribution in [3.8, 4) is 6.07 Å². The number of amides is 4. The maximum absolute atomic E-state index is 14.1. The average molecular weight is 573 g/mol. The Hall–Kier alpha value is -4.18. The first-order chi connectivity index (χ1) is 18.7. The lowest BCUT2D eigenvalue weighted by Crippen LogP contribution is -2.59. The Labute approximate surface area is 227 Å². The number of nitrogens with zero attached hydrogens (tertiary/aromatic N) is 3. The number of imide groups is 1. The van der Waals surface area contributed by atoms with Gasteiger partial charge >= 0.3 is 18.2 Å². The van der Waals surface area contributed by atoms with Gasteiger partial charge in [-0.3, -0.25) is 9.69 Å². The molecule has 5 rings (SSSR count). The predicted octanol–water partition coefficient (Wildman–Crippen LogP) is 4.46. The standard InChI is InChI=1S/C27H23F3N4O5S/c1-26(11-12-40(38,39)15-26)32-24(36)34-23(17-7-5-16(14-31)6-8-17)22-20(9-10-21(22)35)33(25(34)37)19-4-2-3-18(13-19)27(28,29)30/h2-8,13,23H,9-12,15H2,1H3,(H,32,36). The van der Waals surface area contributed by atoms with Crippen LogP contribution in [0.25, 0.3) is 0 Å². The summed E-state index contributed by atoms with van der Waals surface area (Å²) in [7, 11) is -3.44. The van der Waals surface area contributed by atoms with Crippen molar-refractivity contribution in [2.24, 2.45) is 0 Å². The van der Waals surface area contributed by atoms with E-state index in [1.807, 2.05) is 6.07 Å². The summed E-state index contributed by atoms with van der Waals surface area (Å²) in [5, 5.41) is 11.8. The molecule has 0 saturated carbocycles. The third kappa shape index (κ3) is 4.83. The molecule has 1 aliphatic carbocycles. The fraction of sp³-hybridized carbons (Fsp3) is 0.333. The molecule has 1 fully saturated rings. The Bertz CT molecular complexity index is 1610. The quantitative estimate of drug-likeness (QED) is 0.579. The predicted molar refractivity (Wildman–Crippen MR) is 137 cm³/mol. The van der Waals surface area contributed by atoms with Crippen LogP contribution in [-0.2, 0) is 20.8 Å². The number of carbonyl (C=O) groups excluding carboxylic acids is 3. The lowest BCUT2D eigenvalue weighted by atomic mass is 9.92. The van der Waals surface area contributed by atoms with Crippen LogP contribution >= 0.6 is 0 Å². The molecule has 2 unspecified atom stereocenters. The lowest BCUT2D eigenvalue weighted by molar-refractivity contribution is -0.137. The summed E-state index contributed by atoms with van der Waals surface area (Å²) in [6, 6.07) is 8.66. The maximum atomic E-state index is 14.1. The number of alkyl halides is 3. The molecule has 0 bridgehead atoms. The molecule has 2 aliphatic heterocycles. The zero-order valence-corrected chi connectivity index (χ0v) is 22.0. The molecule has 2 atom stereocenters. The van der Waals surface area contributed by atoms with Gasteiger partial charge < -0.3 is 5.32 Å². The van der Waals surface area contributed by atoms with Crippen molar-refractivity contribution in [2.45, 2.75) is 43.9 Å². The smallest absolute Gasteiger partial charge is 0.331 e. The van der Waals surface area contributed by atoms with E-state index in [9.17, 15) is 41.2 Å². The van der Waals surface area contributed by atoms with Gasteiger partial charge in [-0.1, -0.05) is 18.2 Å². The number of carbonyl (C=O) groups is 3. The maximum Gasteiger partial charge on any atom is 0.416 e. The van der Waals surface area contributed by atoms with E-state index in [0.29, 0.717) is 11.1 Å². The zero-order chi connectivity index (χ0) is 29.0. The first kappa shape index (κ1) is 27.4. The molecule has 1 saturated heterocycles. The normalized spacial score (nSPS) is 24.2. The summed E-state index contributed by atoms with van der Waals surface area (Å²) in [6.07, 6.45) is -4.57. The molecular formula is C27H23F3N4O5S. The minimum atomic E-state index is -4.71. The molecule has 40 heavy (non-hydrogen) atoms. The second kappa shape index (κ2) is 9.48. The summed E-state index contributed by atoms with van der Waals surface area (Å²) in [4.78, 5) is 42.8. The molecule has 2 aromatic rings. The minimum absolute atomic E-state index is 0.0222. The van der Waals surface area contributed by atoms with Crippen molar-refractivity contribution in [1.82, 2.24) is 10.2 Å². The van der Waals surface area contributed by atoms with Crippen LogP contribution in [0.4, 0.5) is 28.4 Å². The number of anilines is 1. The molecule has 3 aliphatic rings. The Morgan fingerprint density at radius 1 is 1.12 bits per heavy atom. The van der Waals surface area contributed by atoms with Gasteiger partial charge in [-0.25, -0.2) is 22.9 Å². The van der Waals surface area contributed by atoms with Crippen molar-refractivity contribution in [2.75, 3.05) is 16.4 Å². The summed E-state index contributed by atoms with van der Waals surface area (Å²) < 4.78 is 64.9. The number of nitriles is 1. The third-order valence-electron chi connectivity index (χ3n) is 7.32. The fourth-order valence-electron chi connectivity index (χ4n) is 5.44. The molecule has 0 aromatic heterocycles. The van der Waals surface area contributed by atoms with Gasteiger partial charge in [0.15, 0.2) is 15.6 Å².